The summed E-state index contributed by atoms with van der Waals surface area (Å²) in [5.41, 5.74) is -2.48. The van der Waals surface area contributed by atoms with Gasteiger partial charge >= 0.3 is 5.97 Å². The highest BCUT2D eigenvalue weighted by atomic mass is 16.4. The Morgan fingerprint density at radius 2 is 2.10 bits per heavy atom. The fourth-order valence-electron chi connectivity index (χ4n) is 2.65. The van der Waals surface area contributed by atoms with Crippen LogP contribution in [0.2, 0.25) is 0 Å². The predicted octanol–water partition coefficient (Wildman–Crippen LogP) is 0.509. The Bertz CT molecular complexity index is 662. The highest BCUT2D eigenvalue weighted by Crippen LogP contribution is 2.27. The lowest BCUT2D eigenvalue weighted by Crippen LogP contribution is -2.60. The number of amides is 1. The van der Waals surface area contributed by atoms with Gasteiger partial charge in [0.05, 0.1) is 6.54 Å². The molecule has 1 unspecified atom stereocenters. The Hall–Kier alpha value is -2.15. The van der Waals surface area contributed by atoms with Crippen molar-refractivity contribution >= 4 is 11.9 Å². The van der Waals surface area contributed by atoms with Crippen molar-refractivity contribution in [3.63, 3.8) is 0 Å². The first-order valence-corrected chi connectivity index (χ1v) is 6.73. The van der Waals surface area contributed by atoms with Crippen LogP contribution < -0.4 is 5.43 Å². The molecule has 0 saturated carbocycles. The summed E-state index contributed by atoms with van der Waals surface area (Å²) in [7, 11) is 0. The third-order valence-electron chi connectivity index (χ3n) is 3.82. The van der Waals surface area contributed by atoms with Gasteiger partial charge in [-0.1, -0.05) is 6.92 Å². The third kappa shape index (κ3) is 2.44. The van der Waals surface area contributed by atoms with Crippen LogP contribution in [0.3, 0.4) is 0 Å². The minimum atomic E-state index is -1.44. The van der Waals surface area contributed by atoms with Crippen LogP contribution in [0.25, 0.3) is 0 Å². The topological polar surface area (TPSA) is 99.8 Å². The number of carboxylic acids is 1. The van der Waals surface area contributed by atoms with E-state index in [-0.39, 0.29) is 18.3 Å². The van der Waals surface area contributed by atoms with Crippen molar-refractivity contribution in [2.75, 3.05) is 0 Å². The van der Waals surface area contributed by atoms with E-state index >= 15 is 0 Å². The molecule has 1 aliphatic rings. The molecule has 7 nitrogen and oxygen atoms in total. The molecular formula is C14H18N2O5. The number of fused-ring (bicyclic) bond motifs is 1. The van der Waals surface area contributed by atoms with E-state index in [1.165, 1.54) is 16.4 Å². The van der Waals surface area contributed by atoms with Gasteiger partial charge in [0.2, 0.25) is 0 Å². The number of aromatic carboxylic acids is 1. The zero-order valence-electron chi connectivity index (χ0n) is 12.2. The number of hydrogen-bond acceptors (Lipinski definition) is 4. The first-order chi connectivity index (χ1) is 9.69. The van der Waals surface area contributed by atoms with Gasteiger partial charge in [-0.15, -0.1) is 0 Å². The first-order valence-electron chi connectivity index (χ1n) is 6.73. The third-order valence-corrected chi connectivity index (χ3v) is 3.82. The number of carbonyl (C=O) groups excluding carboxylic acids is 1. The summed E-state index contributed by atoms with van der Waals surface area (Å²) in [6, 6.07) is 0.826. The molecule has 0 spiro atoms. The Morgan fingerprint density at radius 1 is 1.48 bits per heavy atom. The van der Waals surface area contributed by atoms with Crippen LogP contribution in [0.5, 0.6) is 0 Å². The van der Waals surface area contributed by atoms with Gasteiger partial charge in [0.15, 0.2) is 11.2 Å². The van der Waals surface area contributed by atoms with Gasteiger partial charge in [-0.05, 0) is 20.3 Å². The summed E-state index contributed by atoms with van der Waals surface area (Å²) >= 11 is 0. The molecule has 0 bridgehead atoms. The fourth-order valence-corrected chi connectivity index (χ4v) is 2.65. The number of nitrogens with zero attached hydrogens (tertiary/aromatic N) is 2. The quantitative estimate of drug-likeness (QED) is 0.846. The Kier molecular flexibility index (Phi) is 3.63. The van der Waals surface area contributed by atoms with Crippen molar-refractivity contribution in [3.05, 3.63) is 33.7 Å². The predicted molar refractivity (Wildman–Crippen MR) is 74.2 cm³/mol. The number of carbonyl (C=O) groups is 2. The molecule has 1 amide bonds. The molecule has 2 N–H and O–H groups in total. The van der Waals surface area contributed by atoms with E-state index in [4.69, 9.17) is 5.11 Å². The van der Waals surface area contributed by atoms with Crippen molar-refractivity contribution in [2.45, 2.75) is 45.5 Å². The van der Waals surface area contributed by atoms with Gasteiger partial charge in [0.25, 0.3) is 5.91 Å². The van der Waals surface area contributed by atoms with E-state index in [9.17, 15) is 19.5 Å². The summed E-state index contributed by atoms with van der Waals surface area (Å²) < 4.78 is 1.33. The molecule has 1 aliphatic heterocycles. The second-order valence-corrected chi connectivity index (χ2v) is 5.52. The van der Waals surface area contributed by atoms with Crippen molar-refractivity contribution in [1.82, 2.24) is 9.47 Å². The van der Waals surface area contributed by atoms with E-state index in [0.29, 0.717) is 6.42 Å². The van der Waals surface area contributed by atoms with E-state index in [2.05, 4.69) is 0 Å². The molecule has 2 rings (SSSR count). The minimum Gasteiger partial charge on any atom is -0.477 e. The number of carboxylic acid groups (broad SMARTS) is 1. The number of pyridine rings is 1. The Balaban J connectivity index is 2.61. The summed E-state index contributed by atoms with van der Waals surface area (Å²) in [4.78, 5) is 36.6. The summed E-state index contributed by atoms with van der Waals surface area (Å²) in [6.45, 7) is 5.21. The van der Waals surface area contributed by atoms with Crippen LogP contribution in [0.15, 0.2) is 17.1 Å². The van der Waals surface area contributed by atoms with E-state index in [1.807, 2.05) is 13.8 Å². The van der Waals surface area contributed by atoms with Crippen molar-refractivity contribution < 1.29 is 19.8 Å². The Morgan fingerprint density at radius 3 is 2.62 bits per heavy atom. The molecular weight excluding hydrogens is 276 g/mol. The van der Waals surface area contributed by atoms with E-state index in [0.717, 1.165) is 12.3 Å². The highest BCUT2D eigenvalue weighted by Gasteiger charge is 2.42. The molecule has 0 aromatic carbocycles. The van der Waals surface area contributed by atoms with Gasteiger partial charge in [0.1, 0.15) is 11.3 Å². The van der Waals surface area contributed by atoms with Crippen molar-refractivity contribution in [1.29, 1.82) is 0 Å². The fraction of sp³-hybridized carbons (Fsp3) is 0.500. The SMILES string of the molecule is CC[C@H](C)N1C(=O)c2cc(=O)c(C(=O)O)cn2CC1(C)O. The number of aliphatic hydroxyl groups is 1. The maximum absolute atomic E-state index is 12.5. The van der Waals surface area contributed by atoms with Gasteiger partial charge in [-0.2, -0.15) is 0 Å². The summed E-state index contributed by atoms with van der Waals surface area (Å²) in [6.07, 6.45) is 1.76. The average Bonchev–Trinajstić information content (AvgIpc) is 2.38. The van der Waals surface area contributed by atoms with E-state index < -0.39 is 28.6 Å². The number of aromatic nitrogens is 1. The second-order valence-electron chi connectivity index (χ2n) is 5.52. The van der Waals surface area contributed by atoms with Crippen LogP contribution in [0.4, 0.5) is 0 Å². The molecule has 1 aromatic rings. The van der Waals surface area contributed by atoms with Crippen LogP contribution in [-0.4, -0.2) is 43.3 Å². The number of hydrogen-bond donors (Lipinski definition) is 2. The smallest absolute Gasteiger partial charge is 0.341 e. The summed E-state index contributed by atoms with van der Waals surface area (Å²) in [5.74, 6) is -1.83. The molecule has 21 heavy (non-hydrogen) atoms. The van der Waals surface area contributed by atoms with Crippen LogP contribution in [0.1, 0.15) is 48.0 Å². The van der Waals surface area contributed by atoms with Crippen LogP contribution in [-0.2, 0) is 6.54 Å². The monoisotopic (exact) mass is 294 g/mol. The molecule has 114 valence electrons. The molecule has 0 saturated heterocycles. The standard InChI is InChI=1S/C14H18N2O5/c1-4-8(2)16-12(18)10-5-11(17)9(13(19)20)6-15(10)7-14(16,3)21/h5-6,8,21H,4,7H2,1-3H3,(H,19,20)/t8-,14?/m0/s1. The van der Waals surface area contributed by atoms with Crippen LogP contribution >= 0.6 is 0 Å². The van der Waals surface area contributed by atoms with Gasteiger partial charge in [0, 0.05) is 18.3 Å². The largest absolute Gasteiger partial charge is 0.477 e. The second kappa shape index (κ2) is 5.00. The molecule has 0 fully saturated rings. The number of rotatable bonds is 3. The zero-order chi connectivity index (χ0) is 15.9. The van der Waals surface area contributed by atoms with Gasteiger partial charge in [-0.3, -0.25) is 9.59 Å². The molecule has 0 radical (unpaired) electrons. The maximum atomic E-state index is 12.5. The van der Waals surface area contributed by atoms with E-state index in [1.54, 1.807) is 0 Å². The average molecular weight is 294 g/mol. The Labute approximate surface area is 121 Å². The lowest BCUT2D eigenvalue weighted by Gasteiger charge is -2.45. The molecule has 2 heterocycles. The zero-order valence-corrected chi connectivity index (χ0v) is 12.2. The normalized spacial score (nSPS) is 22.9. The molecule has 7 heteroatoms. The lowest BCUT2D eigenvalue weighted by atomic mass is 10.0. The first kappa shape index (κ1) is 15.2. The highest BCUT2D eigenvalue weighted by molar-refractivity contribution is 5.95. The molecule has 0 aliphatic carbocycles. The van der Waals surface area contributed by atoms with Crippen LogP contribution in [0, 0.1) is 0 Å². The van der Waals surface area contributed by atoms with Gasteiger partial charge < -0.3 is 19.7 Å². The molecule has 1 aromatic heterocycles. The maximum Gasteiger partial charge on any atom is 0.341 e. The van der Waals surface area contributed by atoms with Crippen molar-refractivity contribution in [3.8, 4) is 0 Å². The van der Waals surface area contributed by atoms with Gasteiger partial charge in [-0.25, -0.2) is 4.79 Å². The van der Waals surface area contributed by atoms with Crippen molar-refractivity contribution in [2.24, 2.45) is 0 Å². The minimum absolute atomic E-state index is 0.0129. The molecule has 2 atom stereocenters. The summed E-state index contributed by atoms with van der Waals surface area (Å²) in [5, 5.41) is 19.5. The lowest BCUT2D eigenvalue weighted by molar-refractivity contribution is -0.108.